The number of ether oxygens (including phenoxy) is 1. The lowest BCUT2D eigenvalue weighted by Crippen LogP contribution is -2.36. The monoisotopic (exact) mass is 695 g/mol. The summed E-state index contributed by atoms with van der Waals surface area (Å²) in [7, 11) is 5.90. The average Bonchev–Trinajstić information content (AvgIpc) is 3.70. The van der Waals surface area contributed by atoms with Gasteiger partial charge in [0.15, 0.2) is 0 Å². The van der Waals surface area contributed by atoms with E-state index in [-0.39, 0.29) is 0 Å². The third kappa shape index (κ3) is 12.6. The van der Waals surface area contributed by atoms with Crippen LogP contribution in [0.2, 0.25) is 0 Å². The molecular formula is C44H66N6O+2. The van der Waals surface area contributed by atoms with E-state index in [0.717, 1.165) is 48.8 Å². The van der Waals surface area contributed by atoms with Crippen LogP contribution in [-0.2, 0) is 38.3 Å². The second-order valence-electron chi connectivity index (χ2n) is 14.1. The Bertz CT molecular complexity index is 1510. The third-order valence-electron chi connectivity index (χ3n) is 9.91. The molecule has 0 radical (unpaired) electrons. The largest absolute Gasteiger partial charge is 0.475 e. The topological polar surface area (TPSA) is 51.6 Å². The Kier molecular flexibility index (Phi) is 17.2. The van der Waals surface area contributed by atoms with Crippen molar-refractivity contribution in [2.45, 2.75) is 137 Å². The van der Waals surface area contributed by atoms with Gasteiger partial charge in [-0.3, -0.25) is 0 Å². The Morgan fingerprint density at radius 1 is 0.569 bits per heavy atom. The van der Waals surface area contributed by atoms with E-state index in [2.05, 4.69) is 126 Å². The van der Waals surface area contributed by atoms with Crippen molar-refractivity contribution in [2.75, 3.05) is 7.11 Å². The number of rotatable bonds is 23. The van der Waals surface area contributed by atoms with Gasteiger partial charge < -0.3 is 4.74 Å². The number of methoxy groups -OCH3 is 1. The Hall–Kier alpha value is -4.00. The van der Waals surface area contributed by atoms with E-state index >= 15 is 0 Å². The van der Waals surface area contributed by atoms with Crippen molar-refractivity contribution in [3.8, 4) is 0 Å². The summed E-state index contributed by atoms with van der Waals surface area (Å²) in [5.74, 6) is 2.85. The van der Waals surface area contributed by atoms with Crippen LogP contribution < -0.4 is 9.13 Å². The van der Waals surface area contributed by atoms with Crippen molar-refractivity contribution in [1.82, 2.24) is 9.13 Å². The van der Waals surface area contributed by atoms with E-state index in [1.54, 1.807) is 7.11 Å². The highest BCUT2D eigenvalue weighted by atomic mass is 16.5. The molecule has 2 aromatic carbocycles. The lowest BCUT2D eigenvalue weighted by Gasteiger charge is -2.07. The Balaban J connectivity index is 1.35. The van der Waals surface area contributed by atoms with Gasteiger partial charge in [-0.2, -0.15) is 0 Å². The van der Waals surface area contributed by atoms with Crippen LogP contribution in [0, 0.1) is 0 Å². The van der Waals surface area contributed by atoms with Crippen LogP contribution in [0.4, 0.5) is 11.4 Å². The molecule has 0 fully saturated rings. The summed E-state index contributed by atoms with van der Waals surface area (Å²) in [6.45, 7) is 8.77. The SMILES string of the molecule is CCCCCCCCCn1cc[n+](C)c1C(CC)=Nc1ccc(Cc2ccc(N=C(OC)c3n(CCCCCCCCC)cc[n+]3C)cc2)cc1. The first-order chi connectivity index (χ1) is 25.0. The predicted molar refractivity (Wildman–Crippen MR) is 213 cm³/mol. The molecule has 2 heterocycles. The van der Waals surface area contributed by atoms with E-state index in [4.69, 9.17) is 14.7 Å². The van der Waals surface area contributed by atoms with Gasteiger partial charge in [0, 0.05) is 0 Å². The Morgan fingerprint density at radius 3 is 1.47 bits per heavy atom. The highest BCUT2D eigenvalue weighted by molar-refractivity contribution is 5.98. The van der Waals surface area contributed by atoms with Gasteiger partial charge in [0.05, 0.1) is 45.7 Å². The summed E-state index contributed by atoms with van der Waals surface area (Å²) < 4.78 is 14.8. The van der Waals surface area contributed by atoms with Crippen molar-refractivity contribution in [3.05, 3.63) is 96.1 Å². The van der Waals surface area contributed by atoms with Gasteiger partial charge in [0.2, 0.25) is 0 Å². The zero-order chi connectivity index (χ0) is 36.3. The summed E-state index contributed by atoms with van der Waals surface area (Å²) >= 11 is 0. The summed E-state index contributed by atoms with van der Waals surface area (Å²) in [4.78, 5) is 10.0. The van der Waals surface area contributed by atoms with E-state index in [1.165, 1.54) is 107 Å². The normalized spacial score (nSPS) is 12.2. The second-order valence-corrected chi connectivity index (χ2v) is 14.1. The van der Waals surface area contributed by atoms with Crippen molar-refractivity contribution >= 4 is 23.0 Å². The van der Waals surface area contributed by atoms with Crippen LogP contribution in [0.1, 0.15) is 140 Å². The number of aliphatic imine (C=N–C) groups is 2. The third-order valence-corrected chi connectivity index (χ3v) is 9.91. The first-order valence-corrected chi connectivity index (χ1v) is 20.0. The lowest BCUT2D eigenvalue weighted by molar-refractivity contribution is -0.672. The minimum atomic E-state index is 0.638. The van der Waals surface area contributed by atoms with Gasteiger partial charge in [-0.15, -0.1) is 0 Å². The molecule has 276 valence electrons. The highest BCUT2D eigenvalue weighted by Crippen LogP contribution is 2.21. The summed E-state index contributed by atoms with van der Waals surface area (Å²) in [6.07, 6.45) is 28.7. The maximum absolute atomic E-state index is 5.83. The molecule has 0 aliphatic heterocycles. The van der Waals surface area contributed by atoms with E-state index < -0.39 is 0 Å². The molecule has 0 atom stereocenters. The van der Waals surface area contributed by atoms with Gasteiger partial charge in [0.1, 0.15) is 30.5 Å². The maximum Gasteiger partial charge on any atom is 0.345 e. The van der Waals surface area contributed by atoms with Crippen LogP contribution in [0.15, 0.2) is 83.3 Å². The predicted octanol–water partition coefficient (Wildman–Crippen LogP) is 10.3. The molecule has 0 saturated carbocycles. The average molecular weight is 695 g/mol. The highest BCUT2D eigenvalue weighted by Gasteiger charge is 2.23. The molecule has 2 aromatic heterocycles. The smallest absolute Gasteiger partial charge is 0.345 e. The number of nitrogens with zero attached hydrogens (tertiary/aromatic N) is 6. The fraction of sp³-hybridized carbons (Fsp3) is 0.545. The summed E-state index contributed by atoms with van der Waals surface area (Å²) in [5, 5.41) is 0. The van der Waals surface area contributed by atoms with Crippen molar-refractivity contribution in [1.29, 1.82) is 0 Å². The van der Waals surface area contributed by atoms with Crippen LogP contribution in [0.5, 0.6) is 0 Å². The summed E-state index contributed by atoms with van der Waals surface area (Å²) in [6, 6.07) is 17.2. The molecule has 0 unspecified atom stereocenters. The van der Waals surface area contributed by atoms with Crippen molar-refractivity contribution in [3.63, 3.8) is 0 Å². The number of imidazole rings is 2. The van der Waals surface area contributed by atoms with E-state index in [0.29, 0.717) is 5.90 Å². The minimum Gasteiger partial charge on any atom is -0.475 e. The number of unbranched alkanes of at least 4 members (excludes halogenated alkanes) is 12. The van der Waals surface area contributed by atoms with Crippen LogP contribution in [0.25, 0.3) is 0 Å². The van der Waals surface area contributed by atoms with Gasteiger partial charge in [0.25, 0.3) is 0 Å². The minimum absolute atomic E-state index is 0.638. The molecule has 4 rings (SSSR count). The molecule has 51 heavy (non-hydrogen) atoms. The molecule has 0 spiro atoms. The molecule has 7 nitrogen and oxygen atoms in total. The van der Waals surface area contributed by atoms with Gasteiger partial charge >= 0.3 is 17.5 Å². The molecule has 4 aromatic rings. The molecule has 7 heteroatoms. The molecule has 0 aliphatic rings. The van der Waals surface area contributed by atoms with Crippen LogP contribution >= 0.6 is 0 Å². The molecule has 0 N–H and O–H groups in total. The Labute approximate surface area is 309 Å². The number of benzene rings is 2. The van der Waals surface area contributed by atoms with Crippen molar-refractivity contribution in [2.24, 2.45) is 24.1 Å². The van der Waals surface area contributed by atoms with Gasteiger partial charge in [-0.1, -0.05) is 109 Å². The fourth-order valence-corrected chi connectivity index (χ4v) is 6.89. The first-order valence-electron chi connectivity index (χ1n) is 20.0. The standard InChI is InChI=1S/C44H66N6O/c1-7-10-12-14-16-18-20-30-49-34-32-47(4)43(49)41(9-3)45-39-26-22-37(23-27-39)36-38-24-28-40(29-25-38)46-42(51-6)44-48(5)33-35-50(44)31-21-19-17-15-13-11-8-2/h22-29,32-35H,7-21,30-31,36H2,1-6H3/q+2. The Morgan fingerprint density at radius 2 is 1.00 bits per heavy atom. The number of hydrogen-bond acceptors (Lipinski definition) is 3. The van der Waals surface area contributed by atoms with E-state index in [1.807, 2.05) is 0 Å². The van der Waals surface area contributed by atoms with Gasteiger partial charge in [-0.25, -0.2) is 28.3 Å². The second kappa shape index (κ2) is 22.0. The number of aryl methyl sites for hydroxylation is 4. The number of hydrogen-bond donors (Lipinski definition) is 0. The van der Waals surface area contributed by atoms with Crippen LogP contribution in [0.3, 0.4) is 0 Å². The molecule has 0 bridgehead atoms. The number of aromatic nitrogens is 4. The quantitative estimate of drug-likeness (QED) is 0.0330. The molecule has 0 aliphatic carbocycles. The fourth-order valence-electron chi connectivity index (χ4n) is 6.89. The zero-order valence-electron chi connectivity index (χ0n) is 32.7. The summed E-state index contributed by atoms with van der Waals surface area (Å²) in [5.41, 5.74) is 5.54. The lowest BCUT2D eigenvalue weighted by atomic mass is 10.0. The maximum atomic E-state index is 5.83. The molecular weight excluding hydrogens is 629 g/mol. The molecule has 0 saturated heterocycles. The van der Waals surface area contributed by atoms with Gasteiger partial charge in [-0.05, 0) is 73.9 Å². The van der Waals surface area contributed by atoms with Crippen LogP contribution in [-0.4, -0.2) is 27.9 Å². The molecule has 0 amide bonds. The van der Waals surface area contributed by atoms with Crippen molar-refractivity contribution < 1.29 is 13.9 Å². The van der Waals surface area contributed by atoms with E-state index in [9.17, 15) is 0 Å². The zero-order valence-corrected chi connectivity index (χ0v) is 32.7. The first kappa shape index (κ1) is 39.8.